The van der Waals surface area contributed by atoms with Crippen molar-refractivity contribution >= 4 is 11.8 Å². The molecule has 176 valence electrons. The number of nitrogens with zero attached hydrogens (tertiary/aromatic N) is 1. The first-order chi connectivity index (χ1) is 16.0. The summed E-state index contributed by atoms with van der Waals surface area (Å²) in [4.78, 5) is 39.4. The van der Waals surface area contributed by atoms with Crippen LogP contribution in [0.3, 0.4) is 0 Å². The minimum Gasteiger partial charge on any atom is -0.497 e. The lowest BCUT2D eigenvalue weighted by molar-refractivity contribution is 0.0931. The highest BCUT2D eigenvalue weighted by Gasteiger charge is 2.28. The van der Waals surface area contributed by atoms with Crippen molar-refractivity contribution in [2.45, 2.75) is 76.4 Å². The third kappa shape index (κ3) is 5.64. The Morgan fingerprint density at radius 3 is 2.30 bits per heavy atom. The molecule has 1 heterocycles. The number of amides is 2. The van der Waals surface area contributed by atoms with E-state index >= 15 is 0 Å². The van der Waals surface area contributed by atoms with Crippen molar-refractivity contribution in [2.24, 2.45) is 0 Å². The standard InChI is InChI=1S/C26H33N3O4/c1-17(18-8-7-11-21(14-18)33-2)27-25(31)22-15-29(20-12-13-20)16-23(24(22)30)26(32)28-19-9-5-3-4-6-10-19/h7-8,11,14-17,19-20H,3-6,9-10,12-13H2,1-2H3,(H,27,31)(H,28,32)/t17-/m1/s1. The average Bonchev–Trinajstić information content (AvgIpc) is 3.67. The van der Waals surface area contributed by atoms with Crippen LogP contribution in [0, 0.1) is 0 Å². The quantitative estimate of drug-likeness (QED) is 0.620. The van der Waals surface area contributed by atoms with Crippen LogP contribution >= 0.6 is 0 Å². The zero-order valence-corrected chi connectivity index (χ0v) is 19.4. The number of rotatable bonds is 7. The molecule has 2 aliphatic carbocycles. The third-order valence-corrected chi connectivity index (χ3v) is 6.64. The number of hydrogen-bond acceptors (Lipinski definition) is 4. The van der Waals surface area contributed by atoms with E-state index in [1.165, 1.54) is 12.8 Å². The maximum atomic E-state index is 13.2. The SMILES string of the molecule is COc1cccc([C@@H](C)NC(=O)c2cn(C3CC3)cc(C(=O)NC3CCCCCC3)c2=O)c1. The fraction of sp³-hybridized carbons (Fsp3) is 0.500. The van der Waals surface area contributed by atoms with Crippen LogP contribution in [0.25, 0.3) is 0 Å². The molecule has 1 atom stereocenters. The Morgan fingerprint density at radius 2 is 1.67 bits per heavy atom. The molecule has 0 bridgehead atoms. The van der Waals surface area contributed by atoms with E-state index in [1.54, 1.807) is 19.5 Å². The minimum atomic E-state index is -0.520. The summed E-state index contributed by atoms with van der Waals surface area (Å²) in [6.07, 6.45) is 11.6. The highest BCUT2D eigenvalue weighted by molar-refractivity contribution is 5.99. The van der Waals surface area contributed by atoms with E-state index in [4.69, 9.17) is 4.74 Å². The lowest BCUT2D eigenvalue weighted by atomic mass is 10.1. The first-order valence-corrected chi connectivity index (χ1v) is 12.0. The minimum absolute atomic E-state index is 0.00478. The molecule has 2 fully saturated rings. The van der Waals surface area contributed by atoms with E-state index in [1.807, 2.05) is 35.8 Å². The summed E-state index contributed by atoms with van der Waals surface area (Å²) in [6, 6.07) is 7.43. The number of carbonyl (C=O) groups is 2. The van der Waals surface area contributed by atoms with Crippen LogP contribution in [-0.2, 0) is 0 Å². The number of aromatic nitrogens is 1. The summed E-state index contributed by atoms with van der Waals surface area (Å²) in [7, 11) is 1.59. The summed E-state index contributed by atoms with van der Waals surface area (Å²) >= 11 is 0. The zero-order valence-electron chi connectivity index (χ0n) is 19.4. The van der Waals surface area contributed by atoms with Crippen molar-refractivity contribution in [1.82, 2.24) is 15.2 Å². The van der Waals surface area contributed by atoms with Gasteiger partial charge >= 0.3 is 0 Å². The molecule has 0 spiro atoms. The van der Waals surface area contributed by atoms with Crippen molar-refractivity contribution in [3.05, 3.63) is 63.6 Å². The lowest BCUT2D eigenvalue weighted by Crippen LogP contribution is -2.39. The number of benzene rings is 1. The van der Waals surface area contributed by atoms with E-state index in [2.05, 4.69) is 10.6 Å². The van der Waals surface area contributed by atoms with Crippen molar-refractivity contribution in [3.63, 3.8) is 0 Å². The Kier molecular flexibility index (Phi) is 7.16. The largest absolute Gasteiger partial charge is 0.497 e. The first-order valence-electron chi connectivity index (χ1n) is 12.0. The third-order valence-electron chi connectivity index (χ3n) is 6.64. The van der Waals surface area contributed by atoms with Crippen molar-refractivity contribution in [2.75, 3.05) is 7.11 Å². The molecular formula is C26H33N3O4. The molecule has 1 aromatic carbocycles. The summed E-state index contributed by atoms with van der Waals surface area (Å²) in [5.74, 6) is -0.160. The average molecular weight is 452 g/mol. The molecule has 0 unspecified atom stereocenters. The van der Waals surface area contributed by atoms with Crippen LogP contribution in [0.2, 0.25) is 0 Å². The van der Waals surface area contributed by atoms with Gasteiger partial charge in [-0.15, -0.1) is 0 Å². The monoisotopic (exact) mass is 451 g/mol. The molecule has 0 aliphatic heterocycles. The van der Waals surface area contributed by atoms with Crippen LogP contribution in [-0.4, -0.2) is 29.5 Å². The van der Waals surface area contributed by atoms with Gasteiger partial charge in [0.1, 0.15) is 16.9 Å². The van der Waals surface area contributed by atoms with Gasteiger partial charge in [-0.05, 0) is 50.3 Å². The van der Waals surface area contributed by atoms with Gasteiger partial charge in [0.05, 0.1) is 13.2 Å². The second kappa shape index (κ2) is 10.2. The van der Waals surface area contributed by atoms with Gasteiger partial charge in [-0.3, -0.25) is 14.4 Å². The molecule has 0 radical (unpaired) electrons. The molecule has 2 N–H and O–H groups in total. The predicted octanol–water partition coefficient (Wildman–Crippen LogP) is 4.14. The maximum absolute atomic E-state index is 13.2. The van der Waals surface area contributed by atoms with Gasteiger partial charge in [-0.2, -0.15) is 0 Å². The van der Waals surface area contributed by atoms with Crippen LogP contribution in [0.4, 0.5) is 0 Å². The first kappa shape index (κ1) is 23.1. The normalized spacial score (nSPS) is 17.6. The molecule has 33 heavy (non-hydrogen) atoms. The Labute approximate surface area is 194 Å². The molecule has 2 saturated carbocycles. The van der Waals surface area contributed by atoms with E-state index in [0.29, 0.717) is 5.75 Å². The molecule has 4 rings (SSSR count). The number of methoxy groups -OCH3 is 1. The Balaban J connectivity index is 1.56. The number of ether oxygens (including phenoxy) is 1. The summed E-state index contributed by atoms with van der Waals surface area (Å²) in [5, 5.41) is 5.96. The maximum Gasteiger partial charge on any atom is 0.257 e. The van der Waals surface area contributed by atoms with Gasteiger partial charge in [0.2, 0.25) is 5.43 Å². The van der Waals surface area contributed by atoms with Gasteiger partial charge in [0.25, 0.3) is 11.8 Å². The Morgan fingerprint density at radius 1 is 1.00 bits per heavy atom. The fourth-order valence-electron chi connectivity index (χ4n) is 4.46. The summed E-state index contributed by atoms with van der Waals surface area (Å²) in [5.41, 5.74) is 0.402. The van der Waals surface area contributed by atoms with Gasteiger partial charge in [0, 0.05) is 24.5 Å². The van der Waals surface area contributed by atoms with E-state index in [-0.39, 0.29) is 35.2 Å². The second-order valence-corrected chi connectivity index (χ2v) is 9.23. The number of hydrogen-bond donors (Lipinski definition) is 2. The Hall–Kier alpha value is -3.09. The van der Waals surface area contributed by atoms with E-state index in [0.717, 1.165) is 44.1 Å². The second-order valence-electron chi connectivity index (χ2n) is 9.23. The van der Waals surface area contributed by atoms with E-state index in [9.17, 15) is 14.4 Å². The van der Waals surface area contributed by atoms with Crippen molar-refractivity contribution < 1.29 is 14.3 Å². The molecule has 2 amide bonds. The zero-order chi connectivity index (χ0) is 23.4. The molecule has 0 saturated heterocycles. The summed E-state index contributed by atoms with van der Waals surface area (Å²) < 4.78 is 7.12. The Bertz CT molecular complexity index is 1070. The van der Waals surface area contributed by atoms with Crippen molar-refractivity contribution in [3.8, 4) is 5.75 Å². The van der Waals surface area contributed by atoms with Gasteiger partial charge in [-0.25, -0.2) is 0 Å². The molecule has 2 aliphatic rings. The van der Waals surface area contributed by atoms with Gasteiger partial charge < -0.3 is 19.9 Å². The molecule has 2 aromatic rings. The van der Waals surface area contributed by atoms with Crippen molar-refractivity contribution in [1.29, 1.82) is 0 Å². The predicted molar refractivity (Wildman–Crippen MR) is 127 cm³/mol. The number of nitrogens with one attached hydrogen (secondary N) is 2. The van der Waals surface area contributed by atoms with Crippen LogP contribution in [0.5, 0.6) is 5.75 Å². The van der Waals surface area contributed by atoms with Crippen LogP contribution < -0.4 is 20.8 Å². The number of pyridine rings is 1. The highest BCUT2D eigenvalue weighted by atomic mass is 16.5. The smallest absolute Gasteiger partial charge is 0.257 e. The molecule has 7 heteroatoms. The lowest BCUT2D eigenvalue weighted by Gasteiger charge is -2.18. The topological polar surface area (TPSA) is 89.4 Å². The van der Waals surface area contributed by atoms with Gasteiger partial charge in [-0.1, -0.05) is 37.8 Å². The molecule has 7 nitrogen and oxygen atoms in total. The number of carbonyl (C=O) groups excluding carboxylic acids is 2. The molecule has 1 aromatic heterocycles. The highest BCUT2D eigenvalue weighted by Crippen LogP contribution is 2.34. The van der Waals surface area contributed by atoms with Gasteiger partial charge in [0.15, 0.2) is 0 Å². The molecular weight excluding hydrogens is 418 g/mol. The summed E-state index contributed by atoms with van der Waals surface area (Å²) in [6.45, 7) is 1.86. The van der Waals surface area contributed by atoms with Crippen LogP contribution in [0.1, 0.15) is 96.7 Å². The van der Waals surface area contributed by atoms with E-state index < -0.39 is 11.3 Å². The van der Waals surface area contributed by atoms with Crippen LogP contribution in [0.15, 0.2) is 41.5 Å². The fourth-order valence-corrected chi connectivity index (χ4v) is 4.46.